The number of likely N-dealkylation sites (tertiary alicyclic amines) is 1. The van der Waals surface area contributed by atoms with Crippen LogP contribution in [0.5, 0.6) is 5.88 Å². The van der Waals surface area contributed by atoms with Gasteiger partial charge in [0, 0.05) is 25.4 Å². The molecule has 8 heteroatoms. The number of piperidine rings is 1. The number of hydrogen-bond donors (Lipinski definition) is 0. The Bertz CT molecular complexity index is 791. The number of ether oxygens (including phenoxy) is 2. The van der Waals surface area contributed by atoms with Crippen LogP contribution in [0.15, 0.2) is 36.9 Å². The van der Waals surface area contributed by atoms with Crippen molar-refractivity contribution in [1.29, 1.82) is 0 Å². The van der Waals surface area contributed by atoms with Gasteiger partial charge in [0.1, 0.15) is 18.1 Å². The fourth-order valence-electron chi connectivity index (χ4n) is 3.63. The summed E-state index contributed by atoms with van der Waals surface area (Å²) in [7, 11) is 0. The molecule has 0 N–H and O–H groups in total. The number of rotatable bonds is 3. The van der Waals surface area contributed by atoms with Crippen molar-refractivity contribution in [3.8, 4) is 5.88 Å². The Morgan fingerprint density at radius 2 is 2.27 bits per heavy atom. The molecule has 2 fully saturated rings. The first-order valence-corrected chi connectivity index (χ1v) is 8.62. The zero-order chi connectivity index (χ0) is 18.0. The summed E-state index contributed by atoms with van der Waals surface area (Å²) in [5.41, 5.74) is -0.0879. The Morgan fingerprint density at radius 1 is 1.35 bits per heavy atom. The number of pyridine rings is 1. The molecule has 1 amide bonds. The molecular weight excluding hydrogens is 339 g/mol. The summed E-state index contributed by atoms with van der Waals surface area (Å²) in [5.74, 6) is -0.629. The number of amides is 1. The third-order valence-electron chi connectivity index (χ3n) is 4.81. The van der Waals surface area contributed by atoms with Crippen molar-refractivity contribution in [1.82, 2.24) is 19.9 Å². The zero-order valence-electron chi connectivity index (χ0n) is 14.2. The maximum atomic E-state index is 13.7. The number of nitrogens with zero attached hydrogens (tertiary/aromatic N) is 4. The van der Waals surface area contributed by atoms with Gasteiger partial charge in [-0.1, -0.05) is 0 Å². The van der Waals surface area contributed by atoms with Gasteiger partial charge in [0.05, 0.1) is 18.8 Å². The second kappa shape index (κ2) is 6.95. The second-order valence-electron chi connectivity index (χ2n) is 6.65. The average molecular weight is 358 g/mol. The minimum absolute atomic E-state index is 0.0112. The molecule has 0 saturated carbocycles. The van der Waals surface area contributed by atoms with E-state index in [1.54, 1.807) is 17.2 Å². The van der Waals surface area contributed by atoms with Crippen molar-refractivity contribution in [3.05, 3.63) is 48.4 Å². The van der Waals surface area contributed by atoms with Crippen LogP contribution >= 0.6 is 0 Å². The number of aromatic nitrogens is 3. The topological polar surface area (TPSA) is 77.4 Å². The van der Waals surface area contributed by atoms with Crippen molar-refractivity contribution in [2.75, 3.05) is 19.7 Å². The molecule has 2 saturated heterocycles. The molecule has 4 rings (SSSR count). The highest BCUT2D eigenvalue weighted by atomic mass is 19.1. The Balaban J connectivity index is 1.43. The lowest BCUT2D eigenvalue weighted by atomic mass is 9.89. The molecule has 0 aliphatic carbocycles. The Kier molecular flexibility index (Phi) is 4.50. The summed E-state index contributed by atoms with van der Waals surface area (Å²) in [6.45, 7) is 1.49. The van der Waals surface area contributed by atoms with Crippen molar-refractivity contribution in [2.45, 2.75) is 31.0 Å². The van der Waals surface area contributed by atoms with E-state index in [0.717, 1.165) is 12.8 Å². The Hall–Kier alpha value is -2.61. The first-order valence-electron chi connectivity index (χ1n) is 8.62. The van der Waals surface area contributed by atoms with Crippen LogP contribution in [0, 0.1) is 5.82 Å². The van der Waals surface area contributed by atoms with Gasteiger partial charge in [-0.25, -0.2) is 19.3 Å². The van der Waals surface area contributed by atoms with Crippen LogP contribution in [0.25, 0.3) is 0 Å². The lowest BCUT2D eigenvalue weighted by Crippen LogP contribution is -2.50. The molecular formula is C18H19FN4O3. The third-order valence-corrected chi connectivity index (χ3v) is 4.81. The van der Waals surface area contributed by atoms with Gasteiger partial charge in [-0.05, 0) is 31.0 Å². The molecule has 2 atom stereocenters. The van der Waals surface area contributed by atoms with Gasteiger partial charge in [0.25, 0.3) is 11.8 Å². The van der Waals surface area contributed by atoms with Crippen LogP contribution in [0.3, 0.4) is 0 Å². The summed E-state index contributed by atoms with van der Waals surface area (Å²) in [4.78, 5) is 26.2. The Morgan fingerprint density at radius 3 is 3.08 bits per heavy atom. The van der Waals surface area contributed by atoms with Gasteiger partial charge >= 0.3 is 0 Å². The van der Waals surface area contributed by atoms with Gasteiger partial charge in [-0.3, -0.25) is 4.79 Å². The third kappa shape index (κ3) is 3.37. The molecule has 0 radical (unpaired) electrons. The maximum Gasteiger partial charge on any atom is 0.272 e. The molecule has 26 heavy (non-hydrogen) atoms. The lowest BCUT2D eigenvalue weighted by Gasteiger charge is -2.39. The van der Waals surface area contributed by atoms with Crippen LogP contribution in [0.4, 0.5) is 4.39 Å². The monoisotopic (exact) mass is 358 g/mol. The number of carbonyl (C=O) groups excluding carboxylic acids is 1. The first kappa shape index (κ1) is 16.8. The van der Waals surface area contributed by atoms with E-state index in [9.17, 15) is 9.18 Å². The zero-order valence-corrected chi connectivity index (χ0v) is 14.2. The van der Waals surface area contributed by atoms with E-state index in [1.807, 2.05) is 0 Å². The minimum Gasteiger partial charge on any atom is -0.470 e. The minimum atomic E-state index is -0.488. The Labute approximate surface area is 150 Å². The van der Waals surface area contributed by atoms with E-state index in [0.29, 0.717) is 31.8 Å². The predicted molar refractivity (Wildman–Crippen MR) is 89.1 cm³/mol. The van der Waals surface area contributed by atoms with E-state index in [-0.39, 0.29) is 17.9 Å². The fraction of sp³-hybridized carbons (Fsp3) is 0.444. The molecule has 7 nitrogen and oxygen atoms in total. The standard InChI is InChI=1S/C18H19FN4O3/c19-14-3-1-6-21-16(14)26-13-9-18(25-10-13)5-2-8-23(11-18)17(24)15-4-7-20-12-22-15/h1,3-4,6-7,12-13H,2,5,8-11H2/t13-,18-/m0/s1. The molecule has 2 aromatic rings. The molecule has 0 unspecified atom stereocenters. The van der Waals surface area contributed by atoms with Crippen molar-refractivity contribution >= 4 is 5.91 Å². The molecule has 1 spiro atoms. The van der Waals surface area contributed by atoms with Crippen LogP contribution < -0.4 is 4.74 Å². The predicted octanol–water partition coefficient (Wildman–Crippen LogP) is 1.85. The number of carbonyl (C=O) groups is 1. The smallest absolute Gasteiger partial charge is 0.272 e. The SMILES string of the molecule is O=C(c1ccncn1)N1CCC[C@]2(C[C@H](Oc3ncccc3F)CO2)C1. The van der Waals surface area contributed by atoms with Gasteiger partial charge in [0.2, 0.25) is 0 Å². The molecule has 2 aliphatic rings. The quantitative estimate of drug-likeness (QED) is 0.833. The maximum absolute atomic E-state index is 13.7. The van der Waals surface area contributed by atoms with Crippen LogP contribution in [-0.4, -0.2) is 57.2 Å². The normalized spacial score (nSPS) is 25.4. The molecule has 0 bridgehead atoms. The highest BCUT2D eigenvalue weighted by Crippen LogP contribution is 2.36. The summed E-state index contributed by atoms with van der Waals surface area (Å²) in [6, 6.07) is 4.44. The van der Waals surface area contributed by atoms with Gasteiger partial charge in [-0.2, -0.15) is 0 Å². The van der Waals surface area contributed by atoms with E-state index in [4.69, 9.17) is 9.47 Å². The fourth-order valence-corrected chi connectivity index (χ4v) is 3.63. The van der Waals surface area contributed by atoms with E-state index in [1.165, 1.54) is 24.7 Å². The second-order valence-corrected chi connectivity index (χ2v) is 6.65. The first-order chi connectivity index (χ1) is 12.7. The van der Waals surface area contributed by atoms with Gasteiger partial charge < -0.3 is 14.4 Å². The van der Waals surface area contributed by atoms with Crippen LogP contribution in [0.2, 0.25) is 0 Å². The van der Waals surface area contributed by atoms with E-state index < -0.39 is 11.4 Å². The summed E-state index contributed by atoms with van der Waals surface area (Å²) < 4.78 is 25.4. The highest BCUT2D eigenvalue weighted by Gasteiger charge is 2.45. The van der Waals surface area contributed by atoms with Gasteiger partial charge in [0.15, 0.2) is 5.82 Å². The largest absolute Gasteiger partial charge is 0.470 e. The van der Waals surface area contributed by atoms with Crippen molar-refractivity contribution < 1.29 is 18.7 Å². The molecule has 2 aliphatic heterocycles. The summed E-state index contributed by atoms with van der Waals surface area (Å²) in [5, 5.41) is 0. The van der Waals surface area contributed by atoms with Crippen molar-refractivity contribution in [2.24, 2.45) is 0 Å². The van der Waals surface area contributed by atoms with Crippen molar-refractivity contribution in [3.63, 3.8) is 0 Å². The van der Waals surface area contributed by atoms with Crippen LogP contribution in [-0.2, 0) is 4.74 Å². The van der Waals surface area contributed by atoms with Gasteiger partial charge in [-0.15, -0.1) is 0 Å². The lowest BCUT2D eigenvalue weighted by molar-refractivity contribution is -0.0455. The summed E-state index contributed by atoms with van der Waals surface area (Å²) in [6.07, 6.45) is 6.39. The molecule has 0 aromatic carbocycles. The number of halogens is 1. The van der Waals surface area contributed by atoms with Crippen LogP contribution in [0.1, 0.15) is 29.8 Å². The summed E-state index contributed by atoms with van der Waals surface area (Å²) >= 11 is 0. The average Bonchev–Trinajstić information content (AvgIpc) is 3.05. The highest BCUT2D eigenvalue weighted by molar-refractivity contribution is 5.92. The number of hydrogen-bond acceptors (Lipinski definition) is 6. The van der Waals surface area contributed by atoms with E-state index in [2.05, 4.69) is 15.0 Å². The molecule has 4 heterocycles. The molecule has 2 aromatic heterocycles. The van der Waals surface area contributed by atoms with E-state index >= 15 is 0 Å². The molecule has 136 valence electrons.